The molecule has 1 aliphatic rings. The molecule has 0 aliphatic carbocycles. The van der Waals surface area contributed by atoms with Crippen molar-refractivity contribution in [2.75, 3.05) is 7.11 Å². The van der Waals surface area contributed by atoms with Crippen molar-refractivity contribution in [2.24, 2.45) is 0 Å². The molecule has 3 heteroatoms. The van der Waals surface area contributed by atoms with E-state index in [1.807, 2.05) is 48.5 Å². The number of rotatable bonds is 2. The summed E-state index contributed by atoms with van der Waals surface area (Å²) in [5, 5.41) is 3.29. The molecular weight excluding hydrogens is 238 g/mol. The normalized spacial score (nSPS) is 17.9. The van der Waals surface area contributed by atoms with Gasteiger partial charge in [0.1, 0.15) is 5.75 Å². The smallest absolute Gasteiger partial charge is 0.188 e. The van der Waals surface area contributed by atoms with E-state index in [0.717, 1.165) is 11.1 Å². The molecular formula is C16H15NO2. The minimum absolute atomic E-state index is 0.0740. The lowest BCUT2D eigenvalue weighted by molar-refractivity contribution is 0.0927. The second-order valence-corrected chi connectivity index (χ2v) is 4.58. The zero-order valence-electron chi connectivity index (χ0n) is 10.7. The molecule has 2 aromatic rings. The summed E-state index contributed by atoms with van der Waals surface area (Å²) in [6, 6.07) is 15.2. The second kappa shape index (κ2) is 4.86. The van der Waals surface area contributed by atoms with Gasteiger partial charge in [-0.2, -0.15) is 0 Å². The van der Waals surface area contributed by atoms with Crippen molar-refractivity contribution in [1.29, 1.82) is 0 Å². The van der Waals surface area contributed by atoms with Gasteiger partial charge in [-0.05, 0) is 17.2 Å². The number of benzene rings is 2. The van der Waals surface area contributed by atoms with Crippen LogP contribution in [0.3, 0.4) is 0 Å². The molecule has 0 bridgehead atoms. The van der Waals surface area contributed by atoms with E-state index in [-0.39, 0.29) is 11.8 Å². The monoisotopic (exact) mass is 253 g/mol. The van der Waals surface area contributed by atoms with E-state index < -0.39 is 0 Å². The average molecular weight is 253 g/mol. The Balaban J connectivity index is 2.05. The number of fused-ring (bicyclic) bond motifs is 1. The van der Waals surface area contributed by atoms with E-state index in [9.17, 15) is 4.79 Å². The second-order valence-electron chi connectivity index (χ2n) is 4.58. The zero-order chi connectivity index (χ0) is 13.2. The predicted octanol–water partition coefficient (Wildman–Crippen LogP) is 2.72. The van der Waals surface area contributed by atoms with Gasteiger partial charge in [0.05, 0.1) is 18.7 Å². The van der Waals surface area contributed by atoms with Crippen LogP contribution < -0.4 is 10.1 Å². The maximum atomic E-state index is 12.7. The van der Waals surface area contributed by atoms with Crippen molar-refractivity contribution >= 4 is 5.78 Å². The summed E-state index contributed by atoms with van der Waals surface area (Å²) in [6.45, 7) is 0.678. The molecule has 0 fully saturated rings. The summed E-state index contributed by atoms with van der Waals surface area (Å²) in [5.74, 6) is 0.731. The van der Waals surface area contributed by atoms with Crippen molar-refractivity contribution in [1.82, 2.24) is 5.32 Å². The summed E-state index contributed by atoms with van der Waals surface area (Å²) in [7, 11) is 1.60. The topological polar surface area (TPSA) is 38.3 Å². The van der Waals surface area contributed by atoms with Gasteiger partial charge in [-0.15, -0.1) is 0 Å². The number of hydrogen-bond donors (Lipinski definition) is 1. The number of Topliss-reactive ketones (excluding diaryl/α,β-unsaturated/α-hetero) is 1. The fourth-order valence-corrected chi connectivity index (χ4v) is 2.54. The number of hydrogen-bond acceptors (Lipinski definition) is 3. The van der Waals surface area contributed by atoms with Crippen LogP contribution in [0.4, 0.5) is 0 Å². The van der Waals surface area contributed by atoms with Gasteiger partial charge in [0.2, 0.25) is 0 Å². The number of carbonyl (C=O) groups is 1. The Kier molecular flexibility index (Phi) is 3.05. The molecule has 0 spiro atoms. The first-order valence-corrected chi connectivity index (χ1v) is 6.29. The molecule has 19 heavy (non-hydrogen) atoms. The fraction of sp³-hybridized carbons (Fsp3) is 0.188. The van der Waals surface area contributed by atoms with E-state index in [1.165, 1.54) is 0 Å². The van der Waals surface area contributed by atoms with Crippen molar-refractivity contribution < 1.29 is 9.53 Å². The predicted molar refractivity (Wildman–Crippen MR) is 73.3 cm³/mol. The van der Waals surface area contributed by atoms with Gasteiger partial charge in [-0.1, -0.05) is 42.5 Å². The van der Waals surface area contributed by atoms with Crippen LogP contribution in [0, 0.1) is 0 Å². The number of nitrogens with one attached hydrogen (secondary N) is 1. The highest BCUT2D eigenvalue weighted by Gasteiger charge is 2.30. The molecule has 1 heterocycles. The molecule has 3 nitrogen and oxygen atoms in total. The SMILES string of the molecule is COc1cccc2c1C(=O)C(c1ccccc1)NC2. The standard InChI is InChI=1S/C16H15NO2/c1-19-13-9-5-8-12-10-17-15(16(18)14(12)13)11-6-3-2-4-7-11/h2-9,15,17H,10H2,1H3. The summed E-state index contributed by atoms with van der Waals surface area (Å²) in [4.78, 5) is 12.7. The van der Waals surface area contributed by atoms with Gasteiger partial charge in [0.15, 0.2) is 5.78 Å². The Hall–Kier alpha value is -2.13. The molecule has 0 saturated heterocycles. The van der Waals surface area contributed by atoms with Gasteiger partial charge >= 0.3 is 0 Å². The first-order valence-electron chi connectivity index (χ1n) is 6.29. The van der Waals surface area contributed by atoms with E-state index in [2.05, 4.69) is 5.32 Å². The maximum Gasteiger partial charge on any atom is 0.188 e. The number of ketones is 1. The quantitative estimate of drug-likeness (QED) is 0.894. The molecule has 1 unspecified atom stereocenters. The molecule has 3 rings (SSSR count). The van der Waals surface area contributed by atoms with Crippen LogP contribution in [-0.2, 0) is 6.54 Å². The van der Waals surface area contributed by atoms with Crippen molar-refractivity contribution in [3.05, 3.63) is 65.2 Å². The van der Waals surface area contributed by atoms with Crippen molar-refractivity contribution in [3.8, 4) is 5.75 Å². The third-order valence-corrected chi connectivity index (χ3v) is 3.47. The third-order valence-electron chi connectivity index (χ3n) is 3.47. The molecule has 0 saturated carbocycles. The van der Waals surface area contributed by atoms with Gasteiger partial charge in [-0.3, -0.25) is 10.1 Å². The molecule has 1 N–H and O–H groups in total. The number of ether oxygens (including phenoxy) is 1. The van der Waals surface area contributed by atoms with E-state index >= 15 is 0 Å². The molecule has 0 aromatic heterocycles. The lowest BCUT2D eigenvalue weighted by Gasteiger charge is -2.26. The summed E-state index contributed by atoms with van der Waals surface area (Å²) < 4.78 is 5.32. The van der Waals surface area contributed by atoms with Gasteiger partial charge in [0, 0.05) is 6.54 Å². The van der Waals surface area contributed by atoms with Gasteiger partial charge < -0.3 is 4.74 Å². The molecule has 0 amide bonds. The van der Waals surface area contributed by atoms with Gasteiger partial charge in [0.25, 0.3) is 0 Å². The summed E-state index contributed by atoms with van der Waals surface area (Å²) in [6.07, 6.45) is 0. The van der Waals surface area contributed by atoms with Crippen LogP contribution >= 0.6 is 0 Å². The highest BCUT2D eigenvalue weighted by molar-refractivity contribution is 6.05. The van der Waals surface area contributed by atoms with E-state index in [4.69, 9.17) is 4.74 Å². The van der Waals surface area contributed by atoms with Crippen molar-refractivity contribution in [3.63, 3.8) is 0 Å². The van der Waals surface area contributed by atoms with Crippen LogP contribution in [0.5, 0.6) is 5.75 Å². The Morgan fingerprint density at radius 1 is 1.11 bits per heavy atom. The largest absolute Gasteiger partial charge is 0.496 e. The number of carbonyl (C=O) groups excluding carboxylic acids is 1. The Bertz CT molecular complexity index is 593. The van der Waals surface area contributed by atoms with Crippen molar-refractivity contribution in [2.45, 2.75) is 12.6 Å². The van der Waals surface area contributed by atoms with Crippen LogP contribution in [0.15, 0.2) is 48.5 Å². The third kappa shape index (κ3) is 2.02. The molecule has 96 valence electrons. The maximum absolute atomic E-state index is 12.7. The van der Waals surface area contributed by atoms with Crippen LogP contribution in [-0.4, -0.2) is 12.9 Å². The average Bonchev–Trinajstić information content (AvgIpc) is 2.48. The minimum Gasteiger partial charge on any atom is -0.496 e. The highest BCUT2D eigenvalue weighted by atomic mass is 16.5. The Morgan fingerprint density at radius 3 is 2.63 bits per heavy atom. The summed E-state index contributed by atoms with van der Waals surface area (Å²) >= 11 is 0. The molecule has 2 aromatic carbocycles. The van der Waals surface area contributed by atoms with Gasteiger partial charge in [-0.25, -0.2) is 0 Å². The minimum atomic E-state index is -0.287. The highest BCUT2D eigenvalue weighted by Crippen LogP contribution is 2.31. The molecule has 1 aliphatic heterocycles. The fourth-order valence-electron chi connectivity index (χ4n) is 2.54. The lowest BCUT2D eigenvalue weighted by Crippen LogP contribution is -2.34. The van der Waals surface area contributed by atoms with E-state index in [1.54, 1.807) is 7.11 Å². The Morgan fingerprint density at radius 2 is 1.89 bits per heavy atom. The summed E-state index contributed by atoms with van der Waals surface area (Å²) in [5.41, 5.74) is 2.69. The first kappa shape index (κ1) is 11.9. The Labute approximate surface area is 112 Å². The van der Waals surface area contributed by atoms with Crippen LogP contribution in [0.2, 0.25) is 0 Å². The lowest BCUT2D eigenvalue weighted by atomic mass is 9.90. The zero-order valence-corrected chi connectivity index (χ0v) is 10.7. The van der Waals surface area contributed by atoms with Crippen LogP contribution in [0.1, 0.15) is 27.5 Å². The van der Waals surface area contributed by atoms with Crippen LogP contribution in [0.25, 0.3) is 0 Å². The first-order chi connectivity index (χ1) is 9.31. The van der Waals surface area contributed by atoms with E-state index in [0.29, 0.717) is 17.9 Å². The number of methoxy groups -OCH3 is 1. The molecule has 1 atom stereocenters. The molecule has 0 radical (unpaired) electrons.